The lowest BCUT2D eigenvalue weighted by Crippen LogP contribution is -2.54. The molecule has 0 aliphatic rings. The second kappa shape index (κ2) is 16.2. The van der Waals surface area contributed by atoms with Crippen molar-refractivity contribution >= 4 is 17.8 Å². The molecule has 0 unspecified atom stereocenters. The molecule has 3 atom stereocenters. The lowest BCUT2D eigenvalue weighted by Gasteiger charge is -2.23. The average Bonchev–Trinajstić information content (AvgIpc) is 2.66. The molecule has 11 N–H and O–H groups in total. The molecule has 0 fully saturated rings. The molecule has 0 radical (unpaired) electrons. The van der Waals surface area contributed by atoms with Crippen molar-refractivity contribution in [3.8, 4) is 0 Å². The molecule has 0 aliphatic carbocycles. The van der Waals surface area contributed by atoms with Gasteiger partial charge in [-0.25, -0.2) is 4.79 Å². The number of amides is 2. The van der Waals surface area contributed by atoms with E-state index in [1.165, 1.54) is 0 Å². The Kier molecular flexibility index (Phi) is 15.2. The fourth-order valence-corrected chi connectivity index (χ4v) is 2.70. The van der Waals surface area contributed by atoms with Gasteiger partial charge in [0.15, 0.2) is 0 Å². The van der Waals surface area contributed by atoms with Crippen LogP contribution in [0.25, 0.3) is 0 Å². The summed E-state index contributed by atoms with van der Waals surface area (Å²) in [7, 11) is 0. The van der Waals surface area contributed by atoms with E-state index < -0.39 is 35.9 Å². The van der Waals surface area contributed by atoms with E-state index in [-0.39, 0.29) is 6.42 Å². The molecular weight excluding hydrogens is 364 g/mol. The fourth-order valence-electron chi connectivity index (χ4n) is 2.70. The Labute approximate surface area is 167 Å². The van der Waals surface area contributed by atoms with Crippen LogP contribution in [0.1, 0.15) is 57.8 Å². The zero-order valence-corrected chi connectivity index (χ0v) is 16.7. The second-order valence-electron chi connectivity index (χ2n) is 6.92. The zero-order chi connectivity index (χ0) is 21.4. The van der Waals surface area contributed by atoms with Crippen molar-refractivity contribution in [3.05, 3.63) is 0 Å². The van der Waals surface area contributed by atoms with Crippen LogP contribution in [0.2, 0.25) is 0 Å². The Bertz CT molecular complexity index is 463. The molecule has 0 heterocycles. The Morgan fingerprint density at radius 3 is 1.57 bits per heavy atom. The van der Waals surface area contributed by atoms with E-state index in [2.05, 4.69) is 10.6 Å². The first-order valence-corrected chi connectivity index (χ1v) is 10.1. The van der Waals surface area contributed by atoms with E-state index >= 15 is 0 Å². The summed E-state index contributed by atoms with van der Waals surface area (Å²) in [5.74, 6) is -2.07. The van der Waals surface area contributed by atoms with Gasteiger partial charge in [-0.2, -0.15) is 0 Å². The molecule has 0 aromatic rings. The first-order chi connectivity index (χ1) is 13.4. The van der Waals surface area contributed by atoms with Crippen molar-refractivity contribution in [2.45, 2.75) is 75.9 Å². The largest absolute Gasteiger partial charge is 0.480 e. The van der Waals surface area contributed by atoms with Crippen molar-refractivity contribution in [2.75, 3.05) is 19.6 Å². The molecule has 0 spiro atoms. The van der Waals surface area contributed by atoms with Crippen LogP contribution in [0.4, 0.5) is 0 Å². The predicted molar refractivity (Wildman–Crippen MR) is 108 cm³/mol. The highest BCUT2D eigenvalue weighted by molar-refractivity contribution is 5.91. The average molecular weight is 403 g/mol. The normalized spacial score (nSPS) is 14.1. The smallest absolute Gasteiger partial charge is 0.326 e. The molecule has 2 amide bonds. The maximum atomic E-state index is 12.6. The number of nitrogens with two attached hydrogens (primary N) is 4. The molecule has 10 nitrogen and oxygen atoms in total. The Balaban J connectivity index is 4.86. The van der Waals surface area contributed by atoms with Crippen LogP contribution < -0.4 is 33.6 Å². The number of carbonyl (C=O) groups is 3. The highest BCUT2D eigenvalue weighted by Crippen LogP contribution is 2.06. The van der Waals surface area contributed by atoms with Gasteiger partial charge >= 0.3 is 5.97 Å². The van der Waals surface area contributed by atoms with Gasteiger partial charge < -0.3 is 38.7 Å². The third kappa shape index (κ3) is 11.9. The Hall–Kier alpha value is -1.75. The lowest BCUT2D eigenvalue weighted by atomic mass is 10.0. The third-order valence-electron chi connectivity index (χ3n) is 4.45. The molecule has 0 aromatic heterocycles. The number of aliphatic carboxylic acids is 1. The van der Waals surface area contributed by atoms with Gasteiger partial charge in [0.05, 0.1) is 6.04 Å². The minimum Gasteiger partial charge on any atom is -0.480 e. The van der Waals surface area contributed by atoms with Crippen LogP contribution in [0.5, 0.6) is 0 Å². The van der Waals surface area contributed by atoms with Crippen LogP contribution in [-0.4, -0.2) is 60.6 Å². The van der Waals surface area contributed by atoms with Crippen LogP contribution in [0, 0.1) is 0 Å². The summed E-state index contributed by atoms with van der Waals surface area (Å²) in [6, 6.07) is -2.61. The predicted octanol–water partition coefficient (Wildman–Crippen LogP) is -1.25. The fraction of sp³-hybridized carbons (Fsp3) is 0.833. The lowest BCUT2D eigenvalue weighted by molar-refractivity contribution is -0.142. The maximum absolute atomic E-state index is 12.6. The number of carboxylic acid groups (broad SMARTS) is 1. The number of rotatable bonds is 17. The molecule has 0 aromatic carbocycles. The first-order valence-electron chi connectivity index (χ1n) is 10.1. The van der Waals surface area contributed by atoms with Gasteiger partial charge in [-0.05, 0) is 71.0 Å². The van der Waals surface area contributed by atoms with E-state index in [0.29, 0.717) is 58.2 Å². The molecule has 0 saturated carbocycles. The number of hydrogen-bond donors (Lipinski definition) is 7. The third-order valence-corrected chi connectivity index (χ3v) is 4.45. The van der Waals surface area contributed by atoms with Gasteiger partial charge in [-0.15, -0.1) is 0 Å². The van der Waals surface area contributed by atoms with Crippen molar-refractivity contribution in [1.29, 1.82) is 0 Å². The van der Waals surface area contributed by atoms with E-state index in [1.807, 2.05) is 0 Å². The Morgan fingerprint density at radius 2 is 1.11 bits per heavy atom. The van der Waals surface area contributed by atoms with Crippen LogP contribution in [-0.2, 0) is 14.4 Å². The van der Waals surface area contributed by atoms with Gasteiger partial charge in [-0.3, -0.25) is 9.59 Å². The number of hydrogen-bond acceptors (Lipinski definition) is 7. The van der Waals surface area contributed by atoms with Crippen molar-refractivity contribution < 1.29 is 19.5 Å². The topological polar surface area (TPSA) is 200 Å². The quantitative estimate of drug-likeness (QED) is 0.146. The highest BCUT2D eigenvalue weighted by Gasteiger charge is 2.27. The van der Waals surface area contributed by atoms with Crippen LogP contribution >= 0.6 is 0 Å². The molecular formula is C18H38N6O4. The molecule has 10 heteroatoms. The summed E-state index contributed by atoms with van der Waals surface area (Å²) >= 11 is 0. The number of nitrogens with one attached hydrogen (secondary N) is 2. The molecule has 0 rings (SSSR count). The SMILES string of the molecule is NCCCC[C@@H](N)C(=O)N[C@H](CCCCN)C(=O)N[C@H](CCCCN)C(=O)O. The summed E-state index contributed by atoms with van der Waals surface area (Å²) in [5, 5.41) is 14.5. The van der Waals surface area contributed by atoms with Crippen LogP contribution in [0.3, 0.4) is 0 Å². The molecule has 28 heavy (non-hydrogen) atoms. The van der Waals surface area contributed by atoms with Crippen LogP contribution in [0.15, 0.2) is 0 Å². The van der Waals surface area contributed by atoms with Crippen molar-refractivity contribution in [3.63, 3.8) is 0 Å². The number of carboxylic acids is 1. The van der Waals surface area contributed by atoms with E-state index in [1.54, 1.807) is 0 Å². The maximum Gasteiger partial charge on any atom is 0.326 e. The van der Waals surface area contributed by atoms with Gasteiger partial charge in [0.1, 0.15) is 12.1 Å². The summed E-state index contributed by atoms with van der Waals surface area (Å²) in [6.07, 6.45) is 5.18. The first kappa shape index (κ1) is 26.2. The molecule has 0 bridgehead atoms. The summed E-state index contributed by atoms with van der Waals surface area (Å²) in [4.78, 5) is 36.3. The highest BCUT2D eigenvalue weighted by atomic mass is 16.4. The van der Waals surface area contributed by atoms with Crippen molar-refractivity contribution in [2.24, 2.45) is 22.9 Å². The Morgan fingerprint density at radius 1 is 0.679 bits per heavy atom. The minimum absolute atomic E-state index is 0.278. The second-order valence-corrected chi connectivity index (χ2v) is 6.92. The van der Waals surface area contributed by atoms with E-state index in [0.717, 1.165) is 12.8 Å². The summed E-state index contributed by atoms with van der Waals surface area (Å²) in [6.45, 7) is 1.46. The number of unbranched alkanes of at least 4 members (excludes halogenated alkanes) is 3. The summed E-state index contributed by atoms with van der Waals surface area (Å²) < 4.78 is 0. The minimum atomic E-state index is -1.11. The molecule has 164 valence electrons. The van der Waals surface area contributed by atoms with Crippen molar-refractivity contribution in [1.82, 2.24) is 10.6 Å². The van der Waals surface area contributed by atoms with E-state index in [4.69, 9.17) is 22.9 Å². The molecule has 0 aliphatic heterocycles. The standard InChI is InChI=1S/C18H38N6O4/c19-10-4-1-7-13(22)16(25)23-14(8-2-5-11-20)17(26)24-15(18(27)28)9-3-6-12-21/h13-15H,1-12,19-22H2,(H,23,25)(H,24,26)(H,27,28)/t13-,14-,15-/m1/s1. The molecule has 0 saturated heterocycles. The monoisotopic (exact) mass is 402 g/mol. The zero-order valence-electron chi connectivity index (χ0n) is 16.7. The van der Waals surface area contributed by atoms with Gasteiger partial charge in [0.2, 0.25) is 11.8 Å². The number of carbonyl (C=O) groups excluding carboxylic acids is 2. The van der Waals surface area contributed by atoms with Gasteiger partial charge in [0, 0.05) is 0 Å². The van der Waals surface area contributed by atoms with E-state index in [9.17, 15) is 19.5 Å². The van der Waals surface area contributed by atoms with Gasteiger partial charge in [-0.1, -0.05) is 6.42 Å². The van der Waals surface area contributed by atoms with Gasteiger partial charge in [0.25, 0.3) is 0 Å². The summed E-state index contributed by atoms with van der Waals surface area (Å²) in [5.41, 5.74) is 22.2.